The number of aliphatic hydroxyl groups excluding tert-OH is 1. The molecule has 2 heterocycles. The molecule has 176 valence electrons. The van der Waals surface area contributed by atoms with E-state index in [1.165, 1.54) is 4.90 Å². The first kappa shape index (κ1) is 22.6. The minimum Gasteiger partial charge on any atom is -0.490 e. The molecule has 5 rings (SSSR count). The summed E-state index contributed by atoms with van der Waals surface area (Å²) in [6.45, 7) is -0.348. The number of halogens is 3. The number of aromatic amines is 1. The molecule has 1 aromatic heterocycles. The average molecular weight is 487 g/mol. The van der Waals surface area contributed by atoms with Crippen molar-refractivity contribution in [3.63, 3.8) is 0 Å². The third-order valence-corrected chi connectivity index (χ3v) is 6.54. The largest absolute Gasteiger partial charge is 0.490 e. The number of H-pyrrole nitrogens is 1. The number of nitrogens with zero attached hydrogens (tertiary/aromatic N) is 1. The molecule has 1 aliphatic rings. The third-order valence-electron chi connectivity index (χ3n) is 6.32. The van der Waals surface area contributed by atoms with Crippen molar-refractivity contribution in [1.29, 1.82) is 0 Å². The second-order valence-electron chi connectivity index (χ2n) is 8.50. The highest BCUT2D eigenvalue weighted by Gasteiger charge is 2.42. The number of rotatable bonds is 4. The van der Waals surface area contributed by atoms with Crippen LogP contribution in [-0.2, 0) is 0 Å². The summed E-state index contributed by atoms with van der Waals surface area (Å²) in [5, 5.41) is 23.6. The average Bonchev–Trinajstić information content (AvgIpc) is 2.80. The molecule has 9 heteroatoms. The topological polar surface area (TPSA) is 85.8 Å². The van der Waals surface area contributed by atoms with Gasteiger partial charge in [0.05, 0.1) is 5.52 Å². The van der Waals surface area contributed by atoms with Gasteiger partial charge in [-0.15, -0.1) is 0 Å². The standard InChI is InChI=1S/C25H21ClF2N2O4/c26-14-10-17(27)23(18(28)11-14)30-9-8-25(33,21(31)12-30)13-34-20-7-3-6-19-22(20)15-4-1-2-5-16(15)24(32)29-19/h1-7,10-11,21,31,33H,8-9,12-13H2,(H,29,32)/t21-,25-/m1/s1. The van der Waals surface area contributed by atoms with Gasteiger partial charge in [0.25, 0.3) is 5.56 Å². The number of hydrogen-bond acceptors (Lipinski definition) is 5. The van der Waals surface area contributed by atoms with Crippen molar-refractivity contribution in [1.82, 2.24) is 4.98 Å². The molecule has 2 atom stereocenters. The van der Waals surface area contributed by atoms with Gasteiger partial charge in [-0.2, -0.15) is 0 Å². The molecular formula is C25H21ClF2N2O4. The third kappa shape index (κ3) is 3.87. The van der Waals surface area contributed by atoms with Gasteiger partial charge < -0.3 is 24.8 Å². The summed E-state index contributed by atoms with van der Waals surface area (Å²) in [5.74, 6) is -1.24. The van der Waals surface area contributed by atoms with Gasteiger partial charge in [0, 0.05) is 34.3 Å². The number of pyridine rings is 1. The number of nitrogens with one attached hydrogen (secondary N) is 1. The summed E-state index contributed by atoms with van der Waals surface area (Å²) in [6.07, 6.45) is -1.32. The first-order valence-corrected chi connectivity index (χ1v) is 11.1. The lowest BCUT2D eigenvalue weighted by molar-refractivity contribution is -0.108. The number of hydrogen-bond donors (Lipinski definition) is 3. The number of benzene rings is 3. The lowest BCUT2D eigenvalue weighted by atomic mass is 9.89. The van der Waals surface area contributed by atoms with Gasteiger partial charge in [-0.1, -0.05) is 35.9 Å². The van der Waals surface area contributed by atoms with E-state index in [0.29, 0.717) is 27.4 Å². The molecular weight excluding hydrogens is 466 g/mol. The highest BCUT2D eigenvalue weighted by atomic mass is 35.5. The molecule has 0 bridgehead atoms. The van der Waals surface area contributed by atoms with Crippen molar-refractivity contribution in [3.05, 3.63) is 81.6 Å². The first-order chi connectivity index (χ1) is 16.3. The second kappa shape index (κ2) is 8.54. The summed E-state index contributed by atoms with van der Waals surface area (Å²) >= 11 is 5.70. The van der Waals surface area contributed by atoms with Crippen LogP contribution in [-0.4, -0.2) is 46.6 Å². The Morgan fingerprint density at radius 1 is 1.12 bits per heavy atom. The summed E-state index contributed by atoms with van der Waals surface area (Å²) in [5.41, 5.74) is -1.58. The Labute approximate surface area is 198 Å². The predicted octanol–water partition coefficient (Wildman–Crippen LogP) is 3.99. The van der Waals surface area contributed by atoms with Gasteiger partial charge in [0.15, 0.2) is 11.6 Å². The molecule has 0 unspecified atom stereocenters. The van der Waals surface area contributed by atoms with Crippen molar-refractivity contribution in [3.8, 4) is 5.75 Å². The quantitative estimate of drug-likeness (QED) is 0.380. The smallest absolute Gasteiger partial charge is 0.256 e. The fraction of sp³-hybridized carbons (Fsp3) is 0.240. The van der Waals surface area contributed by atoms with E-state index in [0.717, 1.165) is 12.1 Å². The van der Waals surface area contributed by atoms with Crippen molar-refractivity contribution in [2.75, 3.05) is 24.6 Å². The molecule has 0 spiro atoms. The van der Waals surface area contributed by atoms with Crippen molar-refractivity contribution >= 4 is 39.0 Å². The van der Waals surface area contributed by atoms with E-state index in [9.17, 15) is 23.8 Å². The van der Waals surface area contributed by atoms with Gasteiger partial charge in [0.2, 0.25) is 0 Å². The SMILES string of the molecule is O=c1[nH]c2cccc(OC[C@]3(O)CCN(c4c(F)cc(Cl)cc4F)C[C@H]3O)c2c2ccccc12. The number of ether oxygens (including phenoxy) is 1. The van der Waals surface area contributed by atoms with Crippen LogP contribution < -0.4 is 15.2 Å². The Hall–Kier alpha value is -3.20. The van der Waals surface area contributed by atoms with Gasteiger partial charge in [-0.25, -0.2) is 8.78 Å². The van der Waals surface area contributed by atoms with Crippen LogP contribution in [0.25, 0.3) is 21.7 Å². The fourth-order valence-electron chi connectivity index (χ4n) is 4.50. The number of aromatic nitrogens is 1. The predicted molar refractivity (Wildman–Crippen MR) is 127 cm³/mol. The Morgan fingerprint density at radius 3 is 2.53 bits per heavy atom. The van der Waals surface area contributed by atoms with Crippen molar-refractivity contribution < 1.29 is 23.7 Å². The lowest BCUT2D eigenvalue weighted by Gasteiger charge is -2.42. The molecule has 1 fully saturated rings. The van der Waals surface area contributed by atoms with Crippen LogP contribution >= 0.6 is 11.6 Å². The molecule has 4 aromatic rings. The highest BCUT2D eigenvalue weighted by molar-refractivity contribution is 6.30. The second-order valence-corrected chi connectivity index (χ2v) is 8.94. The Bertz CT molecular complexity index is 1440. The van der Waals surface area contributed by atoms with E-state index in [2.05, 4.69) is 4.98 Å². The minimum atomic E-state index is -1.64. The number of fused-ring (bicyclic) bond motifs is 3. The number of β-amino-alcohol motifs (C(OH)–C–C–N with tert-alkyl or cyclic N) is 1. The zero-order chi connectivity index (χ0) is 24.0. The molecule has 0 aliphatic carbocycles. The Kier molecular flexibility index (Phi) is 5.67. The van der Waals surface area contributed by atoms with E-state index in [-0.39, 0.29) is 42.4 Å². The van der Waals surface area contributed by atoms with E-state index < -0.39 is 23.3 Å². The molecule has 1 saturated heterocycles. The van der Waals surface area contributed by atoms with Crippen LogP contribution in [0.5, 0.6) is 5.75 Å². The molecule has 34 heavy (non-hydrogen) atoms. The Balaban J connectivity index is 1.40. The molecule has 0 radical (unpaired) electrons. The zero-order valence-electron chi connectivity index (χ0n) is 17.9. The minimum absolute atomic E-state index is 0.0119. The van der Waals surface area contributed by atoms with Crippen LogP contribution in [0, 0.1) is 11.6 Å². The molecule has 6 nitrogen and oxygen atoms in total. The summed E-state index contributed by atoms with van der Waals surface area (Å²) in [6, 6.07) is 14.3. The maximum absolute atomic E-state index is 14.3. The molecule has 0 amide bonds. The summed E-state index contributed by atoms with van der Waals surface area (Å²) in [4.78, 5) is 16.6. The maximum atomic E-state index is 14.3. The van der Waals surface area contributed by atoms with Crippen LogP contribution in [0.3, 0.4) is 0 Å². The van der Waals surface area contributed by atoms with Crippen molar-refractivity contribution in [2.24, 2.45) is 0 Å². The lowest BCUT2D eigenvalue weighted by Crippen LogP contribution is -2.58. The van der Waals surface area contributed by atoms with Gasteiger partial charge in [-0.05, 0) is 36.8 Å². The van der Waals surface area contributed by atoms with E-state index in [4.69, 9.17) is 16.3 Å². The highest BCUT2D eigenvalue weighted by Crippen LogP contribution is 2.34. The Morgan fingerprint density at radius 2 is 1.82 bits per heavy atom. The molecule has 0 saturated carbocycles. The monoisotopic (exact) mass is 486 g/mol. The van der Waals surface area contributed by atoms with E-state index in [1.807, 2.05) is 12.1 Å². The molecule has 3 aromatic carbocycles. The maximum Gasteiger partial charge on any atom is 0.256 e. The zero-order valence-corrected chi connectivity index (χ0v) is 18.6. The van der Waals surface area contributed by atoms with Gasteiger partial charge in [-0.3, -0.25) is 4.79 Å². The van der Waals surface area contributed by atoms with E-state index in [1.54, 1.807) is 30.3 Å². The number of anilines is 1. The van der Waals surface area contributed by atoms with Crippen LogP contribution in [0.2, 0.25) is 5.02 Å². The summed E-state index contributed by atoms with van der Waals surface area (Å²) in [7, 11) is 0. The summed E-state index contributed by atoms with van der Waals surface area (Å²) < 4.78 is 34.6. The van der Waals surface area contributed by atoms with Crippen LogP contribution in [0.1, 0.15) is 6.42 Å². The van der Waals surface area contributed by atoms with Gasteiger partial charge in [0.1, 0.15) is 29.7 Å². The van der Waals surface area contributed by atoms with E-state index >= 15 is 0 Å². The fourth-order valence-corrected chi connectivity index (χ4v) is 4.69. The first-order valence-electron chi connectivity index (χ1n) is 10.7. The number of piperidine rings is 1. The normalized spacial score (nSPS) is 20.7. The molecule has 3 N–H and O–H groups in total. The molecule has 1 aliphatic heterocycles. The van der Waals surface area contributed by atoms with Crippen LogP contribution in [0.15, 0.2) is 59.4 Å². The van der Waals surface area contributed by atoms with Crippen LogP contribution in [0.4, 0.5) is 14.5 Å². The van der Waals surface area contributed by atoms with Gasteiger partial charge >= 0.3 is 0 Å². The number of aliphatic hydroxyl groups is 2. The van der Waals surface area contributed by atoms with Crippen molar-refractivity contribution in [2.45, 2.75) is 18.1 Å².